The molecule has 1 aromatic carbocycles. The van der Waals surface area contributed by atoms with Gasteiger partial charge in [0.15, 0.2) is 0 Å². The third-order valence-electron chi connectivity index (χ3n) is 3.74. The number of aliphatic hydroxyl groups is 1. The highest BCUT2D eigenvalue weighted by molar-refractivity contribution is 5.36. The van der Waals surface area contributed by atoms with Crippen molar-refractivity contribution >= 4 is 0 Å². The van der Waals surface area contributed by atoms with Gasteiger partial charge in [0.25, 0.3) is 0 Å². The molecule has 19 heavy (non-hydrogen) atoms. The number of aryl methyl sites for hydroxylation is 1. The van der Waals surface area contributed by atoms with Gasteiger partial charge in [-0.15, -0.1) is 0 Å². The van der Waals surface area contributed by atoms with Gasteiger partial charge >= 0.3 is 0 Å². The van der Waals surface area contributed by atoms with Gasteiger partial charge in [-0.3, -0.25) is 0 Å². The second-order valence-electron chi connectivity index (χ2n) is 5.53. The van der Waals surface area contributed by atoms with Gasteiger partial charge in [-0.2, -0.15) is 0 Å². The van der Waals surface area contributed by atoms with Crippen LogP contribution in [0.1, 0.15) is 25.0 Å². The molecule has 3 nitrogen and oxygen atoms in total. The average molecular weight is 265 g/mol. The number of hydrogen-bond donors (Lipinski definition) is 1. The predicted molar refractivity (Wildman–Crippen MR) is 79.8 cm³/mol. The summed E-state index contributed by atoms with van der Waals surface area (Å²) in [5.74, 6) is 1.40. The largest absolute Gasteiger partial charge is 0.496 e. The Hall–Kier alpha value is -1.06. The summed E-state index contributed by atoms with van der Waals surface area (Å²) in [5.41, 5.74) is 2.48. The van der Waals surface area contributed by atoms with Crippen molar-refractivity contribution in [2.45, 2.75) is 33.2 Å². The minimum atomic E-state index is 0.218. The molecule has 0 bridgehead atoms. The first kappa shape index (κ1) is 16.0. The van der Waals surface area contributed by atoms with E-state index in [9.17, 15) is 5.11 Å². The summed E-state index contributed by atoms with van der Waals surface area (Å²) in [6.45, 7) is 7.53. The van der Waals surface area contributed by atoms with Crippen LogP contribution < -0.4 is 4.74 Å². The molecule has 108 valence electrons. The number of hydrogen-bond acceptors (Lipinski definition) is 3. The zero-order valence-electron chi connectivity index (χ0n) is 12.8. The zero-order chi connectivity index (χ0) is 14.4. The number of ether oxygens (including phenoxy) is 1. The van der Waals surface area contributed by atoms with E-state index in [-0.39, 0.29) is 12.6 Å². The fraction of sp³-hybridized carbons (Fsp3) is 0.625. The van der Waals surface area contributed by atoms with Crippen molar-refractivity contribution in [2.75, 3.05) is 27.3 Å². The van der Waals surface area contributed by atoms with Gasteiger partial charge < -0.3 is 14.7 Å². The third-order valence-corrected chi connectivity index (χ3v) is 3.74. The van der Waals surface area contributed by atoms with Crippen molar-refractivity contribution in [1.82, 2.24) is 4.90 Å². The molecular weight excluding hydrogens is 238 g/mol. The number of nitrogens with zero attached hydrogens (tertiary/aromatic N) is 1. The molecule has 0 aliphatic carbocycles. The van der Waals surface area contributed by atoms with Crippen LogP contribution in [0.5, 0.6) is 5.75 Å². The second-order valence-corrected chi connectivity index (χ2v) is 5.53. The first-order chi connectivity index (χ1) is 8.99. The van der Waals surface area contributed by atoms with Gasteiger partial charge in [0, 0.05) is 12.6 Å². The topological polar surface area (TPSA) is 32.7 Å². The molecule has 1 N–H and O–H groups in total. The molecule has 0 spiro atoms. The molecule has 0 aromatic heterocycles. The Morgan fingerprint density at radius 2 is 2.00 bits per heavy atom. The normalized spacial score (nSPS) is 13.1. The highest BCUT2D eigenvalue weighted by Crippen LogP contribution is 2.19. The van der Waals surface area contributed by atoms with E-state index in [4.69, 9.17) is 4.74 Å². The SMILES string of the molecule is COc1ccc(CCN(C)C(CO)C(C)C)cc1C. The summed E-state index contributed by atoms with van der Waals surface area (Å²) in [7, 11) is 3.78. The van der Waals surface area contributed by atoms with Crippen molar-refractivity contribution in [2.24, 2.45) is 5.92 Å². The van der Waals surface area contributed by atoms with E-state index in [0.29, 0.717) is 5.92 Å². The molecule has 0 saturated carbocycles. The molecule has 0 radical (unpaired) electrons. The molecule has 0 fully saturated rings. The van der Waals surface area contributed by atoms with E-state index in [1.54, 1.807) is 7.11 Å². The van der Waals surface area contributed by atoms with Crippen LogP contribution in [0.15, 0.2) is 18.2 Å². The highest BCUT2D eigenvalue weighted by atomic mass is 16.5. The van der Waals surface area contributed by atoms with E-state index >= 15 is 0 Å². The Labute approximate surface area is 117 Å². The number of benzene rings is 1. The lowest BCUT2D eigenvalue weighted by Crippen LogP contribution is -2.39. The summed E-state index contributed by atoms with van der Waals surface area (Å²) in [6, 6.07) is 6.55. The first-order valence-corrected chi connectivity index (χ1v) is 6.94. The third kappa shape index (κ3) is 4.51. The van der Waals surface area contributed by atoms with Crippen molar-refractivity contribution < 1.29 is 9.84 Å². The molecule has 0 heterocycles. The summed E-state index contributed by atoms with van der Waals surface area (Å²) < 4.78 is 5.27. The molecule has 1 unspecified atom stereocenters. The maximum atomic E-state index is 9.42. The predicted octanol–water partition coefficient (Wildman–Crippen LogP) is 2.49. The van der Waals surface area contributed by atoms with E-state index in [0.717, 1.165) is 18.7 Å². The fourth-order valence-corrected chi connectivity index (χ4v) is 2.43. The fourth-order valence-electron chi connectivity index (χ4n) is 2.43. The Bertz CT molecular complexity index is 390. The van der Waals surface area contributed by atoms with Crippen LogP contribution in [0.4, 0.5) is 0 Å². The monoisotopic (exact) mass is 265 g/mol. The van der Waals surface area contributed by atoms with Gasteiger partial charge in [0.2, 0.25) is 0 Å². The quantitative estimate of drug-likeness (QED) is 0.822. The first-order valence-electron chi connectivity index (χ1n) is 6.94. The lowest BCUT2D eigenvalue weighted by atomic mass is 10.0. The number of methoxy groups -OCH3 is 1. The molecular formula is C16H27NO2. The van der Waals surface area contributed by atoms with Crippen LogP contribution in [-0.2, 0) is 6.42 Å². The van der Waals surface area contributed by atoms with Crippen LogP contribution in [0.2, 0.25) is 0 Å². The molecule has 0 aliphatic heterocycles. The molecule has 0 amide bonds. The minimum Gasteiger partial charge on any atom is -0.496 e. The summed E-state index contributed by atoms with van der Waals surface area (Å²) in [4.78, 5) is 2.24. The number of aliphatic hydroxyl groups excluding tert-OH is 1. The van der Waals surface area contributed by atoms with Crippen molar-refractivity contribution in [3.63, 3.8) is 0 Å². The molecule has 1 atom stereocenters. The Morgan fingerprint density at radius 3 is 2.47 bits per heavy atom. The Morgan fingerprint density at radius 1 is 1.32 bits per heavy atom. The molecule has 3 heteroatoms. The molecule has 0 saturated heterocycles. The maximum Gasteiger partial charge on any atom is 0.121 e. The average Bonchev–Trinajstić information content (AvgIpc) is 2.37. The van der Waals surface area contributed by atoms with Crippen LogP contribution >= 0.6 is 0 Å². The molecule has 1 rings (SSSR count). The lowest BCUT2D eigenvalue weighted by molar-refractivity contribution is 0.114. The second kappa shape index (κ2) is 7.51. The van der Waals surface area contributed by atoms with Crippen LogP contribution in [0, 0.1) is 12.8 Å². The van der Waals surface area contributed by atoms with Crippen molar-refractivity contribution in [3.8, 4) is 5.75 Å². The van der Waals surface area contributed by atoms with Gasteiger partial charge in [-0.25, -0.2) is 0 Å². The van der Waals surface area contributed by atoms with E-state index in [1.165, 1.54) is 11.1 Å². The van der Waals surface area contributed by atoms with Crippen LogP contribution in [0.3, 0.4) is 0 Å². The maximum absolute atomic E-state index is 9.42. The van der Waals surface area contributed by atoms with E-state index in [2.05, 4.69) is 44.9 Å². The van der Waals surface area contributed by atoms with Gasteiger partial charge in [0.1, 0.15) is 5.75 Å². The smallest absolute Gasteiger partial charge is 0.121 e. The molecule has 0 aliphatic rings. The van der Waals surface area contributed by atoms with Crippen LogP contribution in [0.25, 0.3) is 0 Å². The summed E-state index contributed by atoms with van der Waals surface area (Å²) in [6.07, 6.45) is 0.991. The standard InChI is InChI=1S/C16H27NO2/c1-12(2)15(11-18)17(4)9-8-14-6-7-16(19-5)13(3)10-14/h6-7,10,12,15,18H,8-9,11H2,1-5H3. The Balaban J connectivity index is 2.59. The molecule has 1 aromatic rings. The highest BCUT2D eigenvalue weighted by Gasteiger charge is 2.17. The van der Waals surface area contributed by atoms with Crippen molar-refractivity contribution in [3.05, 3.63) is 29.3 Å². The van der Waals surface area contributed by atoms with Gasteiger partial charge in [-0.1, -0.05) is 26.0 Å². The Kier molecular flexibility index (Phi) is 6.32. The summed E-state index contributed by atoms with van der Waals surface area (Å²) in [5, 5.41) is 9.42. The van der Waals surface area contributed by atoms with Gasteiger partial charge in [0.05, 0.1) is 13.7 Å². The van der Waals surface area contributed by atoms with E-state index in [1.807, 2.05) is 6.07 Å². The number of rotatable bonds is 7. The number of likely N-dealkylation sites (N-methyl/N-ethyl adjacent to an activating group) is 1. The van der Waals surface area contributed by atoms with Gasteiger partial charge in [-0.05, 0) is 43.5 Å². The lowest BCUT2D eigenvalue weighted by Gasteiger charge is -2.29. The van der Waals surface area contributed by atoms with Crippen LogP contribution in [-0.4, -0.2) is 43.4 Å². The summed E-state index contributed by atoms with van der Waals surface area (Å²) >= 11 is 0. The van der Waals surface area contributed by atoms with Crippen molar-refractivity contribution in [1.29, 1.82) is 0 Å². The minimum absolute atomic E-state index is 0.218. The zero-order valence-corrected chi connectivity index (χ0v) is 12.8. The van der Waals surface area contributed by atoms with E-state index < -0.39 is 0 Å².